The molecule has 0 aromatic heterocycles. The van der Waals surface area contributed by atoms with Crippen LogP contribution in [0.4, 0.5) is 0 Å². The maximum absolute atomic E-state index is 12.9. The molecule has 0 saturated heterocycles. The second-order valence-corrected chi connectivity index (χ2v) is 7.87. The van der Waals surface area contributed by atoms with Gasteiger partial charge in [-0.1, -0.05) is 45.2 Å². The van der Waals surface area contributed by atoms with E-state index in [1.165, 1.54) is 24.8 Å². The average molecular weight is 293 g/mol. The van der Waals surface area contributed by atoms with E-state index >= 15 is 0 Å². The van der Waals surface area contributed by atoms with Crippen molar-refractivity contribution in [2.75, 3.05) is 6.54 Å². The Morgan fingerprint density at radius 2 is 1.80 bits per heavy atom. The Balaban J connectivity index is 2.15. The number of hydrogen-bond donors (Lipinski definition) is 1. The van der Waals surface area contributed by atoms with E-state index < -0.39 is 10.8 Å². The summed E-state index contributed by atoms with van der Waals surface area (Å²) in [5.41, 5.74) is 7.22. The predicted octanol–water partition coefficient (Wildman–Crippen LogP) is 3.83. The molecular weight excluding hydrogens is 266 g/mol. The van der Waals surface area contributed by atoms with Gasteiger partial charge in [-0.3, -0.25) is 4.21 Å². The molecule has 1 fully saturated rings. The molecule has 3 unspecified atom stereocenters. The lowest BCUT2D eigenvalue weighted by Gasteiger charge is -2.23. The summed E-state index contributed by atoms with van der Waals surface area (Å²) in [6.07, 6.45) is 5.88. The van der Waals surface area contributed by atoms with E-state index in [-0.39, 0.29) is 5.25 Å². The average Bonchev–Trinajstić information content (AvgIpc) is 2.71. The van der Waals surface area contributed by atoms with Crippen LogP contribution in [0.5, 0.6) is 0 Å². The minimum Gasteiger partial charge on any atom is -0.330 e. The molecule has 112 valence electrons. The normalized spacial score (nSPS) is 25.4. The molecule has 1 aromatic rings. The standard InChI is InChI=1S/C17H27NOS/c1-13(2)14-8-10-16(11-9-14)20(19)17-7-5-3-4-6-15(17)12-18/h8-11,13,15,17H,3-7,12,18H2,1-2H3. The maximum atomic E-state index is 12.9. The van der Waals surface area contributed by atoms with Crippen molar-refractivity contribution >= 4 is 10.8 Å². The molecule has 0 heterocycles. The van der Waals surface area contributed by atoms with E-state index in [1.54, 1.807) is 0 Å². The summed E-state index contributed by atoms with van der Waals surface area (Å²) in [4.78, 5) is 0.972. The van der Waals surface area contributed by atoms with Crippen LogP contribution in [0.1, 0.15) is 57.4 Å². The molecule has 2 N–H and O–H groups in total. The number of rotatable bonds is 4. The van der Waals surface area contributed by atoms with Crippen LogP contribution < -0.4 is 5.73 Å². The lowest BCUT2D eigenvalue weighted by atomic mass is 10.0. The van der Waals surface area contributed by atoms with Crippen LogP contribution in [0.25, 0.3) is 0 Å². The quantitative estimate of drug-likeness (QED) is 0.857. The zero-order valence-corrected chi connectivity index (χ0v) is 13.5. The van der Waals surface area contributed by atoms with E-state index in [0.29, 0.717) is 18.4 Å². The van der Waals surface area contributed by atoms with Crippen molar-refractivity contribution in [3.05, 3.63) is 29.8 Å². The van der Waals surface area contributed by atoms with Crippen molar-refractivity contribution in [3.8, 4) is 0 Å². The van der Waals surface area contributed by atoms with Gasteiger partial charge in [0.15, 0.2) is 0 Å². The van der Waals surface area contributed by atoms with Crippen molar-refractivity contribution in [1.82, 2.24) is 0 Å². The Kier molecular flexibility index (Phi) is 5.79. The van der Waals surface area contributed by atoms with Crippen molar-refractivity contribution < 1.29 is 4.21 Å². The summed E-state index contributed by atoms with van der Waals surface area (Å²) in [6.45, 7) is 5.03. The van der Waals surface area contributed by atoms with Crippen LogP contribution in [-0.4, -0.2) is 16.0 Å². The highest BCUT2D eigenvalue weighted by Gasteiger charge is 2.28. The van der Waals surface area contributed by atoms with Gasteiger partial charge in [0.2, 0.25) is 0 Å². The van der Waals surface area contributed by atoms with E-state index in [9.17, 15) is 4.21 Å². The van der Waals surface area contributed by atoms with E-state index in [2.05, 4.69) is 26.0 Å². The monoisotopic (exact) mass is 293 g/mol. The van der Waals surface area contributed by atoms with E-state index in [1.807, 2.05) is 12.1 Å². The summed E-state index contributed by atoms with van der Waals surface area (Å²) in [6, 6.07) is 8.33. The highest BCUT2D eigenvalue weighted by molar-refractivity contribution is 7.85. The summed E-state index contributed by atoms with van der Waals surface area (Å²) < 4.78 is 12.9. The second kappa shape index (κ2) is 7.37. The largest absolute Gasteiger partial charge is 0.330 e. The SMILES string of the molecule is CC(C)c1ccc(S(=O)C2CCCCCC2CN)cc1. The Labute approximate surface area is 125 Å². The predicted molar refractivity (Wildman–Crippen MR) is 86.4 cm³/mol. The Morgan fingerprint density at radius 1 is 1.15 bits per heavy atom. The zero-order valence-electron chi connectivity index (χ0n) is 12.7. The van der Waals surface area contributed by atoms with Gasteiger partial charge < -0.3 is 5.73 Å². The van der Waals surface area contributed by atoms with E-state index in [0.717, 1.165) is 17.7 Å². The topological polar surface area (TPSA) is 43.1 Å². The summed E-state index contributed by atoms with van der Waals surface area (Å²) in [5, 5.41) is 0.243. The highest BCUT2D eigenvalue weighted by Crippen LogP contribution is 2.30. The Bertz CT molecular complexity index is 441. The van der Waals surface area contributed by atoms with Crippen molar-refractivity contribution in [3.63, 3.8) is 0 Å². The van der Waals surface area contributed by atoms with Crippen molar-refractivity contribution in [2.45, 2.75) is 62.0 Å². The van der Waals surface area contributed by atoms with Gasteiger partial charge in [-0.05, 0) is 48.9 Å². The zero-order chi connectivity index (χ0) is 14.5. The van der Waals surface area contributed by atoms with Gasteiger partial charge in [-0.2, -0.15) is 0 Å². The van der Waals surface area contributed by atoms with Gasteiger partial charge in [0.25, 0.3) is 0 Å². The molecule has 0 spiro atoms. The molecule has 1 aliphatic carbocycles. The first-order chi connectivity index (χ1) is 9.63. The van der Waals surface area contributed by atoms with Crippen LogP contribution in [0.2, 0.25) is 0 Å². The summed E-state index contributed by atoms with van der Waals surface area (Å²) >= 11 is 0. The summed E-state index contributed by atoms with van der Waals surface area (Å²) in [5.74, 6) is 0.940. The van der Waals surface area contributed by atoms with Crippen molar-refractivity contribution in [2.24, 2.45) is 11.7 Å². The molecule has 1 aliphatic rings. The fraction of sp³-hybridized carbons (Fsp3) is 0.647. The third-order valence-corrected chi connectivity index (χ3v) is 6.35. The third-order valence-electron chi connectivity index (χ3n) is 4.45. The molecule has 3 atom stereocenters. The van der Waals surface area contributed by atoms with Gasteiger partial charge in [0, 0.05) is 10.1 Å². The lowest BCUT2D eigenvalue weighted by Crippen LogP contribution is -2.30. The first-order valence-corrected chi connectivity index (χ1v) is 9.05. The maximum Gasteiger partial charge on any atom is 0.0564 e. The van der Waals surface area contributed by atoms with Crippen LogP contribution in [0.15, 0.2) is 29.2 Å². The second-order valence-electron chi connectivity index (χ2n) is 6.19. The highest BCUT2D eigenvalue weighted by atomic mass is 32.2. The van der Waals surface area contributed by atoms with Crippen molar-refractivity contribution in [1.29, 1.82) is 0 Å². The molecule has 0 bridgehead atoms. The molecule has 2 rings (SSSR count). The molecule has 0 amide bonds. The Hall–Kier alpha value is -0.670. The molecule has 3 heteroatoms. The fourth-order valence-corrected chi connectivity index (χ4v) is 4.79. The molecule has 0 radical (unpaired) electrons. The molecule has 1 aromatic carbocycles. The molecule has 0 aliphatic heterocycles. The summed E-state index contributed by atoms with van der Waals surface area (Å²) in [7, 11) is -0.912. The molecule has 1 saturated carbocycles. The first-order valence-electron chi connectivity index (χ1n) is 7.84. The van der Waals surface area contributed by atoms with Crippen LogP contribution >= 0.6 is 0 Å². The van der Waals surface area contributed by atoms with Crippen LogP contribution in [0.3, 0.4) is 0 Å². The number of hydrogen-bond acceptors (Lipinski definition) is 2. The van der Waals surface area contributed by atoms with Gasteiger partial charge in [-0.25, -0.2) is 0 Å². The molecular formula is C17H27NOS. The van der Waals surface area contributed by atoms with Crippen LogP contribution in [0, 0.1) is 5.92 Å². The minimum atomic E-state index is -0.912. The van der Waals surface area contributed by atoms with Gasteiger partial charge in [0.05, 0.1) is 10.8 Å². The first kappa shape index (κ1) is 15.7. The van der Waals surface area contributed by atoms with Gasteiger partial charge >= 0.3 is 0 Å². The lowest BCUT2D eigenvalue weighted by molar-refractivity contribution is 0.473. The van der Waals surface area contributed by atoms with Crippen LogP contribution in [-0.2, 0) is 10.8 Å². The Morgan fingerprint density at radius 3 is 2.40 bits per heavy atom. The number of benzene rings is 1. The molecule has 2 nitrogen and oxygen atoms in total. The minimum absolute atomic E-state index is 0.243. The fourth-order valence-electron chi connectivity index (χ4n) is 3.06. The van der Waals surface area contributed by atoms with Gasteiger partial charge in [-0.15, -0.1) is 0 Å². The van der Waals surface area contributed by atoms with Gasteiger partial charge in [0.1, 0.15) is 0 Å². The third kappa shape index (κ3) is 3.70. The van der Waals surface area contributed by atoms with E-state index in [4.69, 9.17) is 5.73 Å². The smallest absolute Gasteiger partial charge is 0.0564 e. The number of nitrogens with two attached hydrogens (primary N) is 1. The molecule has 20 heavy (non-hydrogen) atoms.